The van der Waals surface area contributed by atoms with E-state index in [1.165, 1.54) is 52.0 Å². The normalized spacial score (nSPS) is 11.5. The van der Waals surface area contributed by atoms with Crippen LogP contribution >= 0.6 is 11.3 Å². The third-order valence-electron chi connectivity index (χ3n) is 10.0. The van der Waals surface area contributed by atoms with Gasteiger partial charge >= 0.3 is 0 Å². The van der Waals surface area contributed by atoms with Gasteiger partial charge in [-0.05, 0) is 86.5 Å². The van der Waals surface area contributed by atoms with Crippen molar-refractivity contribution >= 4 is 77.4 Å². The molecule has 0 spiro atoms. The zero-order valence-corrected chi connectivity index (χ0v) is 29.9. The number of hydrogen-bond acceptors (Lipinski definition) is 2. The second-order valence-electron chi connectivity index (χ2n) is 12.9. The summed E-state index contributed by atoms with van der Waals surface area (Å²) >= 11 is 1.86. The van der Waals surface area contributed by atoms with Crippen LogP contribution in [0.25, 0.3) is 31.3 Å². The molecule has 0 aliphatic rings. The van der Waals surface area contributed by atoms with Gasteiger partial charge in [0.2, 0.25) is 0 Å². The van der Waals surface area contributed by atoms with Crippen LogP contribution in [0, 0.1) is 0 Å². The lowest BCUT2D eigenvalue weighted by Crippen LogP contribution is -2.74. The number of rotatable bonds is 8. The Morgan fingerprint density at radius 2 is 0.725 bits per heavy atom. The molecule has 0 aliphatic carbocycles. The minimum Gasteiger partial charge on any atom is -0.310 e. The fourth-order valence-electron chi connectivity index (χ4n) is 7.66. The molecule has 0 radical (unpaired) electrons. The minimum absolute atomic E-state index is 1.13. The summed E-state index contributed by atoms with van der Waals surface area (Å²) in [6.07, 6.45) is 0. The van der Waals surface area contributed by atoms with Crippen LogP contribution in [0.1, 0.15) is 0 Å². The maximum absolute atomic E-state index is 2.62. The second-order valence-corrected chi connectivity index (χ2v) is 17.8. The van der Waals surface area contributed by atoms with Gasteiger partial charge in [0.15, 0.2) is 8.07 Å². The first-order valence-corrected chi connectivity index (χ1v) is 20.2. The minimum atomic E-state index is -2.62. The highest BCUT2D eigenvalue weighted by Crippen LogP contribution is 2.41. The summed E-state index contributed by atoms with van der Waals surface area (Å²) < 4.78 is 2.60. The molecule has 0 bridgehead atoms. The van der Waals surface area contributed by atoms with Gasteiger partial charge in [0, 0.05) is 37.2 Å². The molecular formula is C48H35NSSi. The van der Waals surface area contributed by atoms with Crippen molar-refractivity contribution in [1.82, 2.24) is 0 Å². The molecule has 0 unspecified atom stereocenters. The molecule has 3 heteroatoms. The third kappa shape index (κ3) is 5.57. The highest BCUT2D eigenvalue weighted by atomic mass is 32.1. The van der Waals surface area contributed by atoms with Gasteiger partial charge in [0.25, 0.3) is 0 Å². The first-order valence-electron chi connectivity index (χ1n) is 17.4. The first kappa shape index (κ1) is 31.0. The van der Waals surface area contributed by atoms with Gasteiger partial charge < -0.3 is 4.90 Å². The van der Waals surface area contributed by atoms with E-state index in [-0.39, 0.29) is 0 Å². The molecular weight excluding hydrogens is 651 g/mol. The SMILES string of the molecule is c1ccc(-c2ccc3sc4ccc(N(c5ccccc5)c5ccc([Si](c6ccccc6)(c6ccccc6)c6ccccc6)cc5)cc4c3c2)cc1. The van der Waals surface area contributed by atoms with Crippen LogP contribution in [0.5, 0.6) is 0 Å². The zero-order chi connectivity index (χ0) is 34.0. The molecule has 0 saturated carbocycles. The van der Waals surface area contributed by atoms with Gasteiger partial charge in [-0.1, -0.05) is 158 Å². The number of para-hydroxylation sites is 1. The number of benzene rings is 8. The summed E-state index contributed by atoms with van der Waals surface area (Å²) in [5.41, 5.74) is 5.88. The van der Waals surface area contributed by atoms with Crippen molar-refractivity contribution in [3.05, 3.63) is 212 Å². The maximum atomic E-state index is 2.39. The lowest BCUT2D eigenvalue weighted by molar-refractivity contribution is 1.29. The Bertz CT molecular complexity index is 2450. The van der Waals surface area contributed by atoms with E-state index in [0.29, 0.717) is 0 Å². The molecule has 1 nitrogen and oxygen atoms in total. The molecule has 0 amide bonds. The third-order valence-corrected chi connectivity index (χ3v) is 16.0. The first-order chi connectivity index (χ1) is 25.3. The summed E-state index contributed by atoms with van der Waals surface area (Å²) in [7, 11) is -2.62. The average molecular weight is 686 g/mol. The Kier molecular flexibility index (Phi) is 8.13. The molecule has 9 rings (SSSR count). The van der Waals surface area contributed by atoms with Crippen molar-refractivity contribution in [2.45, 2.75) is 0 Å². The quantitative estimate of drug-likeness (QED) is 0.114. The van der Waals surface area contributed by atoms with E-state index in [0.717, 1.165) is 17.1 Å². The topological polar surface area (TPSA) is 3.24 Å². The lowest BCUT2D eigenvalue weighted by Gasteiger charge is -2.35. The van der Waals surface area contributed by atoms with Gasteiger partial charge in [-0.2, -0.15) is 0 Å². The van der Waals surface area contributed by atoms with Gasteiger partial charge in [-0.25, -0.2) is 0 Å². The summed E-state index contributed by atoms with van der Waals surface area (Å²) in [4.78, 5) is 2.39. The Balaban J connectivity index is 1.21. The molecule has 242 valence electrons. The smallest absolute Gasteiger partial charge is 0.179 e. The Morgan fingerprint density at radius 3 is 1.27 bits per heavy atom. The molecule has 8 aromatic carbocycles. The van der Waals surface area contributed by atoms with Crippen molar-refractivity contribution in [3.8, 4) is 11.1 Å². The molecule has 0 atom stereocenters. The van der Waals surface area contributed by atoms with E-state index >= 15 is 0 Å². The molecule has 0 N–H and O–H groups in total. The van der Waals surface area contributed by atoms with Crippen molar-refractivity contribution in [3.63, 3.8) is 0 Å². The molecule has 1 aromatic heterocycles. The van der Waals surface area contributed by atoms with Gasteiger partial charge in [-0.3, -0.25) is 0 Å². The largest absolute Gasteiger partial charge is 0.310 e. The molecule has 1 heterocycles. The van der Waals surface area contributed by atoms with Crippen molar-refractivity contribution in [2.75, 3.05) is 4.90 Å². The fraction of sp³-hybridized carbons (Fsp3) is 0. The van der Waals surface area contributed by atoms with E-state index in [1.54, 1.807) is 0 Å². The van der Waals surface area contributed by atoms with Crippen LogP contribution in [-0.4, -0.2) is 8.07 Å². The van der Waals surface area contributed by atoms with Crippen LogP contribution < -0.4 is 25.6 Å². The Morgan fingerprint density at radius 1 is 0.314 bits per heavy atom. The number of hydrogen-bond donors (Lipinski definition) is 0. The van der Waals surface area contributed by atoms with Crippen molar-refractivity contribution < 1.29 is 0 Å². The molecule has 0 fully saturated rings. The molecule has 9 aromatic rings. The standard InChI is InChI=1S/C48H35NSSi/c1-6-16-36(17-7-1)37-26-32-47-45(34-37)46-35-40(29-33-48(46)50-47)49(38-18-8-2-9-19-38)39-27-30-44(31-28-39)51(41-20-10-3-11-21-41,42-22-12-4-13-23-42)43-24-14-5-15-25-43/h1-35H. The predicted octanol–water partition coefficient (Wildman–Crippen LogP) is 10.6. The van der Waals surface area contributed by atoms with E-state index < -0.39 is 8.07 Å². The fourth-order valence-corrected chi connectivity index (χ4v) is 13.5. The van der Waals surface area contributed by atoms with Crippen LogP contribution in [0.3, 0.4) is 0 Å². The summed E-state index contributed by atoms with van der Waals surface area (Å²) in [6.45, 7) is 0. The number of fused-ring (bicyclic) bond motifs is 3. The zero-order valence-electron chi connectivity index (χ0n) is 28.1. The lowest BCUT2D eigenvalue weighted by atomic mass is 10.0. The van der Waals surface area contributed by atoms with Gasteiger partial charge in [-0.15, -0.1) is 11.3 Å². The number of nitrogens with zero attached hydrogens (tertiary/aromatic N) is 1. The Labute approximate surface area is 304 Å². The number of anilines is 3. The van der Waals surface area contributed by atoms with E-state index in [9.17, 15) is 0 Å². The second kappa shape index (κ2) is 13.4. The van der Waals surface area contributed by atoms with Crippen LogP contribution in [-0.2, 0) is 0 Å². The van der Waals surface area contributed by atoms with Crippen LogP contribution in [0.2, 0.25) is 0 Å². The highest BCUT2D eigenvalue weighted by Gasteiger charge is 2.41. The summed E-state index contributed by atoms with van der Waals surface area (Å²) in [5, 5.41) is 8.06. The summed E-state index contributed by atoms with van der Waals surface area (Å²) in [6, 6.07) is 78.0. The Hall–Kier alpha value is -6.00. The summed E-state index contributed by atoms with van der Waals surface area (Å²) in [5.74, 6) is 0. The van der Waals surface area contributed by atoms with E-state index in [2.05, 4.69) is 217 Å². The van der Waals surface area contributed by atoms with Crippen molar-refractivity contribution in [2.24, 2.45) is 0 Å². The van der Waals surface area contributed by atoms with Gasteiger partial charge in [0.05, 0.1) is 0 Å². The molecule has 0 aliphatic heterocycles. The van der Waals surface area contributed by atoms with Crippen LogP contribution in [0.15, 0.2) is 212 Å². The predicted molar refractivity (Wildman–Crippen MR) is 223 cm³/mol. The van der Waals surface area contributed by atoms with Crippen molar-refractivity contribution in [1.29, 1.82) is 0 Å². The van der Waals surface area contributed by atoms with E-state index in [1.807, 2.05) is 11.3 Å². The van der Waals surface area contributed by atoms with Gasteiger partial charge in [0.1, 0.15) is 0 Å². The number of thiophene rings is 1. The van der Waals surface area contributed by atoms with E-state index in [4.69, 9.17) is 0 Å². The monoisotopic (exact) mass is 685 g/mol. The maximum Gasteiger partial charge on any atom is 0.179 e. The highest BCUT2D eigenvalue weighted by molar-refractivity contribution is 7.25. The van der Waals surface area contributed by atoms with Crippen LogP contribution in [0.4, 0.5) is 17.1 Å². The molecule has 0 saturated heterocycles. The molecule has 51 heavy (non-hydrogen) atoms. The average Bonchev–Trinajstić information content (AvgIpc) is 3.58.